The van der Waals surface area contributed by atoms with E-state index in [1.54, 1.807) is 0 Å². The van der Waals surface area contributed by atoms with Crippen molar-refractivity contribution >= 4 is 12.9 Å². The van der Waals surface area contributed by atoms with E-state index in [0.29, 0.717) is 0 Å². The molecular weight excluding hydrogens is 156 g/mol. The fourth-order valence-electron chi connectivity index (χ4n) is 0.728. The molecule has 0 aliphatic carbocycles. The largest absolute Gasteiger partial charge is 0.308 e. The van der Waals surface area contributed by atoms with E-state index in [0.717, 1.165) is 12.0 Å². The van der Waals surface area contributed by atoms with E-state index in [2.05, 4.69) is 19.5 Å². The van der Waals surface area contributed by atoms with E-state index in [9.17, 15) is 0 Å². The van der Waals surface area contributed by atoms with Crippen molar-refractivity contribution in [1.29, 1.82) is 0 Å². The van der Waals surface area contributed by atoms with Gasteiger partial charge in [-0.15, -0.1) is 0 Å². The van der Waals surface area contributed by atoms with E-state index in [1.165, 1.54) is 0 Å². The van der Waals surface area contributed by atoms with Crippen LogP contribution >= 0.6 is 12.9 Å². The van der Waals surface area contributed by atoms with Crippen LogP contribution in [0.2, 0.25) is 0 Å². The minimum atomic E-state index is -0.324. The van der Waals surface area contributed by atoms with Crippen LogP contribution in [0.15, 0.2) is 24.3 Å². The molecule has 1 unspecified atom stereocenters. The van der Waals surface area contributed by atoms with Gasteiger partial charge in [-0.05, 0) is 38.8 Å². The van der Waals surface area contributed by atoms with Gasteiger partial charge in [-0.25, -0.2) is 0 Å². The third-order valence-corrected chi connectivity index (χ3v) is 2.33. The molecule has 0 spiro atoms. The molecule has 11 heavy (non-hydrogen) atoms. The van der Waals surface area contributed by atoms with Crippen molar-refractivity contribution in [3.8, 4) is 0 Å². The standard InChI is InChI=1S/C9H16OS/c1-5-7-8(3)9(4,6-2)10-11/h5,7,11H,3,6H2,1-2,4H3. The molecule has 0 saturated carbocycles. The van der Waals surface area contributed by atoms with Crippen LogP contribution in [0.1, 0.15) is 27.2 Å². The Balaban J connectivity index is 4.37. The van der Waals surface area contributed by atoms with Crippen molar-refractivity contribution in [2.75, 3.05) is 0 Å². The summed E-state index contributed by atoms with van der Waals surface area (Å²) in [7, 11) is 0. The van der Waals surface area contributed by atoms with Crippen LogP contribution in [-0.4, -0.2) is 5.60 Å². The fraction of sp³-hybridized carbons (Fsp3) is 0.556. The van der Waals surface area contributed by atoms with Gasteiger partial charge in [0.15, 0.2) is 0 Å². The van der Waals surface area contributed by atoms with Crippen molar-refractivity contribution in [1.82, 2.24) is 0 Å². The summed E-state index contributed by atoms with van der Waals surface area (Å²) in [5.41, 5.74) is 0.632. The van der Waals surface area contributed by atoms with Crippen molar-refractivity contribution in [2.45, 2.75) is 32.8 Å². The molecule has 1 nitrogen and oxygen atoms in total. The molecule has 0 heterocycles. The number of thiol groups is 1. The second-order valence-electron chi connectivity index (χ2n) is 2.70. The van der Waals surface area contributed by atoms with Crippen molar-refractivity contribution in [3.63, 3.8) is 0 Å². The third-order valence-electron chi connectivity index (χ3n) is 1.92. The number of rotatable bonds is 4. The minimum absolute atomic E-state index is 0.324. The normalized spacial score (nSPS) is 16.7. The van der Waals surface area contributed by atoms with Crippen molar-refractivity contribution < 1.29 is 4.18 Å². The summed E-state index contributed by atoms with van der Waals surface area (Å²) in [6, 6.07) is 0. The lowest BCUT2D eigenvalue weighted by molar-refractivity contribution is 0.165. The molecule has 0 amide bonds. The van der Waals surface area contributed by atoms with Crippen LogP contribution in [0.25, 0.3) is 0 Å². The van der Waals surface area contributed by atoms with Crippen LogP contribution < -0.4 is 0 Å². The van der Waals surface area contributed by atoms with E-state index < -0.39 is 0 Å². The van der Waals surface area contributed by atoms with Crippen LogP contribution in [0, 0.1) is 0 Å². The maximum absolute atomic E-state index is 5.04. The molecular formula is C9H16OS. The third kappa shape index (κ3) is 2.72. The second-order valence-corrected chi connectivity index (χ2v) is 2.88. The zero-order valence-electron chi connectivity index (χ0n) is 7.42. The highest BCUT2D eigenvalue weighted by molar-refractivity contribution is 7.75. The van der Waals surface area contributed by atoms with Gasteiger partial charge in [0.1, 0.15) is 5.60 Å². The summed E-state index contributed by atoms with van der Waals surface area (Å²) in [5, 5.41) is 0. The molecule has 2 heteroatoms. The second kappa shape index (κ2) is 4.62. The predicted molar refractivity (Wildman–Crippen MR) is 52.7 cm³/mol. The van der Waals surface area contributed by atoms with Crippen molar-refractivity contribution in [2.24, 2.45) is 0 Å². The summed E-state index contributed by atoms with van der Waals surface area (Å²) >= 11 is 3.82. The van der Waals surface area contributed by atoms with E-state index >= 15 is 0 Å². The fourth-order valence-corrected chi connectivity index (χ4v) is 0.974. The van der Waals surface area contributed by atoms with Gasteiger partial charge in [0, 0.05) is 0 Å². The molecule has 0 aromatic carbocycles. The quantitative estimate of drug-likeness (QED) is 0.389. The topological polar surface area (TPSA) is 9.23 Å². The first-order chi connectivity index (χ1) is 5.10. The van der Waals surface area contributed by atoms with Gasteiger partial charge in [-0.2, -0.15) is 0 Å². The van der Waals surface area contributed by atoms with Crippen LogP contribution in [0.5, 0.6) is 0 Å². The van der Waals surface area contributed by atoms with Gasteiger partial charge in [-0.1, -0.05) is 25.7 Å². The van der Waals surface area contributed by atoms with E-state index in [1.807, 2.05) is 32.9 Å². The Morgan fingerprint density at radius 1 is 1.73 bits per heavy atom. The average molecular weight is 172 g/mol. The molecule has 0 aliphatic rings. The van der Waals surface area contributed by atoms with E-state index in [-0.39, 0.29) is 5.60 Å². The van der Waals surface area contributed by atoms with Crippen LogP contribution in [0.4, 0.5) is 0 Å². The van der Waals surface area contributed by atoms with Gasteiger partial charge in [0.2, 0.25) is 0 Å². The number of hydrogen-bond acceptors (Lipinski definition) is 2. The van der Waals surface area contributed by atoms with Crippen molar-refractivity contribution in [3.05, 3.63) is 24.3 Å². The summed E-state index contributed by atoms with van der Waals surface area (Å²) in [4.78, 5) is 0. The lowest BCUT2D eigenvalue weighted by Gasteiger charge is -2.25. The van der Waals surface area contributed by atoms with Crippen LogP contribution in [0.3, 0.4) is 0 Å². The lowest BCUT2D eigenvalue weighted by atomic mass is 9.94. The van der Waals surface area contributed by atoms with Gasteiger partial charge < -0.3 is 4.18 Å². The highest BCUT2D eigenvalue weighted by Gasteiger charge is 2.23. The first-order valence-corrected chi connectivity index (χ1v) is 4.12. The van der Waals surface area contributed by atoms with Gasteiger partial charge in [0.25, 0.3) is 0 Å². The summed E-state index contributed by atoms with van der Waals surface area (Å²) in [5.74, 6) is 0. The Bertz CT molecular complexity index is 157. The molecule has 0 aliphatic heterocycles. The van der Waals surface area contributed by atoms with Gasteiger partial charge in [-0.3, -0.25) is 0 Å². The summed E-state index contributed by atoms with van der Waals surface area (Å²) < 4.78 is 5.04. The monoisotopic (exact) mass is 172 g/mol. The zero-order chi connectivity index (χ0) is 8.91. The highest BCUT2D eigenvalue weighted by Crippen LogP contribution is 2.25. The van der Waals surface area contributed by atoms with Gasteiger partial charge in [0.05, 0.1) is 0 Å². The molecule has 0 rings (SSSR count). The molecule has 0 radical (unpaired) electrons. The van der Waals surface area contributed by atoms with Crippen LogP contribution in [-0.2, 0) is 4.18 Å². The Labute approximate surface area is 74.8 Å². The van der Waals surface area contributed by atoms with Gasteiger partial charge >= 0.3 is 0 Å². The first-order valence-electron chi connectivity index (χ1n) is 3.75. The lowest BCUT2D eigenvalue weighted by Crippen LogP contribution is -2.25. The average Bonchev–Trinajstić information content (AvgIpc) is 2.03. The molecule has 1 atom stereocenters. The SMILES string of the molecule is C=C(C=CC)C(C)(CC)OS. The Morgan fingerprint density at radius 3 is 2.55 bits per heavy atom. The Kier molecular flexibility index (Phi) is 4.54. The summed E-state index contributed by atoms with van der Waals surface area (Å²) in [6.07, 6.45) is 4.77. The molecule has 0 bridgehead atoms. The first kappa shape index (κ1) is 10.8. The number of allylic oxidation sites excluding steroid dienone is 1. The molecule has 0 aromatic heterocycles. The molecule has 0 saturated heterocycles. The zero-order valence-corrected chi connectivity index (χ0v) is 8.32. The molecule has 0 fully saturated rings. The molecule has 64 valence electrons. The highest BCUT2D eigenvalue weighted by atomic mass is 32.1. The number of hydrogen-bond donors (Lipinski definition) is 1. The maximum Gasteiger partial charge on any atom is 0.104 e. The Morgan fingerprint density at radius 2 is 2.27 bits per heavy atom. The maximum atomic E-state index is 5.04. The smallest absolute Gasteiger partial charge is 0.104 e. The minimum Gasteiger partial charge on any atom is -0.308 e. The summed E-state index contributed by atoms with van der Waals surface area (Å²) in [6.45, 7) is 9.88. The molecule has 0 aromatic rings. The van der Waals surface area contributed by atoms with E-state index in [4.69, 9.17) is 4.18 Å². The predicted octanol–water partition coefficient (Wildman–Crippen LogP) is 3.15. The Hall–Kier alpha value is -0.210. The molecule has 0 N–H and O–H groups in total.